The quantitative estimate of drug-likeness (QED) is 0.799. The summed E-state index contributed by atoms with van der Waals surface area (Å²) in [6, 6.07) is 11.3. The number of amides is 1. The second-order valence-electron chi connectivity index (χ2n) is 5.45. The molecule has 1 aliphatic carbocycles. The van der Waals surface area contributed by atoms with E-state index in [0.29, 0.717) is 11.6 Å². The van der Waals surface area contributed by atoms with Gasteiger partial charge in [-0.3, -0.25) is 9.78 Å². The molecular formula is C16H14N6O. The number of benzene rings is 1. The van der Waals surface area contributed by atoms with Crippen molar-refractivity contribution in [2.45, 2.75) is 18.9 Å². The highest BCUT2D eigenvalue weighted by atomic mass is 16.1. The highest BCUT2D eigenvalue weighted by Crippen LogP contribution is 2.36. The lowest BCUT2D eigenvalue weighted by atomic mass is 10.2. The average Bonchev–Trinajstić information content (AvgIpc) is 3.33. The summed E-state index contributed by atoms with van der Waals surface area (Å²) in [5, 5.41) is 14.8. The van der Waals surface area contributed by atoms with Crippen molar-refractivity contribution in [2.24, 2.45) is 0 Å². The van der Waals surface area contributed by atoms with Gasteiger partial charge in [-0.05, 0) is 59.7 Å². The van der Waals surface area contributed by atoms with Gasteiger partial charge in [-0.1, -0.05) is 0 Å². The van der Waals surface area contributed by atoms with E-state index in [2.05, 4.69) is 25.8 Å². The SMILES string of the molecule is O=C(Nc1ccc(-c2nnnn2C2CC2)cc1)c1ccncc1. The number of pyridine rings is 1. The molecule has 4 rings (SSSR count). The van der Waals surface area contributed by atoms with Gasteiger partial charge in [0.1, 0.15) is 0 Å². The topological polar surface area (TPSA) is 85.6 Å². The number of rotatable bonds is 4. The highest BCUT2D eigenvalue weighted by Gasteiger charge is 2.28. The van der Waals surface area contributed by atoms with E-state index in [0.717, 1.165) is 29.9 Å². The summed E-state index contributed by atoms with van der Waals surface area (Å²) in [6.45, 7) is 0. The van der Waals surface area contributed by atoms with Crippen molar-refractivity contribution in [2.75, 3.05) is 5.32 Å². The molecule has 0 saturated heterocycles. The zero-order chi connectivity index (χ0) is 15.6. The van der Waals surface area contributed by atoms with Crippen LogP contribution in [0.3, 0.4) is 0 Å². The summed E-state index contributed by atoms with van der Waals surface area (Å²) in [4.78, 5) is 16.0. The molecule has 23 heavy (non-hydrogen) atoms. The third-order valence-electron chi connectivity index (χ3n) is 3.73. The van der Waals surface area contributed by atoms with E-state index in [4.69, 9.17) is 0 Å². The number of nitrogens with one attached hydrogen (secondary N) is 1. The molecule has 114 valence electrons. The van der Waals surface area contributed by atoms with Crippen LogP contribution < -0.4 is 5.32 Å². The first-order valence-electron chi connectivity index (χ1n) is 7.41. The molecular weight excluding hydrogens is 292 g/mol. The number of carbonyl (C=O) groups excluding carboxylic acids is 1. The van der Waals surface area contributed by atoms with Crippen molar-refractivity contribution in [3.05, 3.63) is 54.4 Å². The molecule has 0 aliphatic heterocycles. The summed E-state index contributed by atoms with van der Waals surface area (Å²) in [5.74, 6) is 0.600. The molecule has 0 unspecified atom stereocenters. The maximum absolute atomic E-state index is 12.1. The van der Waals surface area contributed by atoms with Crippen LogP contribution in [0.4, 0.5) is 5.69 Å². The van der Waals surface area contributed by atoms with Gasteiger partial charge in [0.05, 0.1) is 6.04 Å². The standard InChI is InChI=1S/C16H14N6O/c23-16(12-7-9-17-10-8-12)18-13-3-1-11(2-4-13)15-19-20-21-22(15)14-5-6-14/h1-4,7-10,14H,5-6H2,(H,18,23). The van der Waals surface area contributed by atoms with Crippen LogP contribution in [0.15, 0.2) is 48.8 Å². The molecule has 1 amide bonds. The lowest BCUT2D eigenvalue weighted by Gasteiger charge is -2.07. The maximum Gasteiger partial charge on any atom is 0.255 e. The van der Waals surface area contributed by atoms with Crippen molar-refractivity contribution < 1.29 is 4.79 Å². The molecule has 1 aromatic carbocycles. The molecule has 0 spiro atoms. The summed E-state index contributed by atoms with van der Waals surface area (Å²) in [7, 11) is 0. The zero-order valence-corrected chi connectivity index (χ0v) is 12.3. The summed E-state index contributed by atoms with van der Waals surface area (Å²) in [6.07, 6.45) is 5.43. The molecule has 2 heterocycles. The molecule has 3 aromatic rings. The van der Waals surface area contributed by atoms with E-state index >= 15 is 0 Å². The molecule has 1 saturated carbocycles. The first-order chi connectivity index (χ1) is 11.3. The zero-order valence-electron chi connectivity index (χ0n) is 12.3. The average molecular weight is 306 g/mol. The van der Waals surface area contributed by atoms with Crippen molar-refractivity contribution >= 4 is 11.6 Å². The fourth-order valence-corrected chi connectivity index (χ4v) is 2.36. The van der Waals surface area contributed by atoms with Gasteiger partial charge in [0.25, 0.3) is 5.91 Å². The minimum absolute atomic E-state index is 0.164. The summed E-state index contributed by atoms with van der Waals surface area (Å²) in [5.41, 5.74) is 2.23. The minimum atomic E-state index is -0.164. The predicted octanol–water partition coefficient (Wildman–Crippen LogP) is 2.32. The van der Waals surface area contributed by atoms with Gasteiger partial charge in [0.2, 0.25) is 0 Å². The van der Waals surface area contributed by atoms with Gasteiger partial charge >= 0.3 is 0 Å². The second-order valence-corrected chi connectivity index (χ2v) is 5.45. The van der Waals surface area contributed by atoms with Gasteiger partial charge in [-0.25, -0.2) is 4.68 Å². The number of anilines is 1. The van der Waals surface area contributed by atoms with Crippen LogP contribution in [0.25, 0.3) is 11.4 Å². The number of carbonyl (C=O) groups is 1. The van der Waals surface area contributed by atoms with Crippen molar-refractivity contribution in [1.29, 1.82) is 0 Å². The smallest absolute Gasteiger partial charge is 0.255 e. The van der Waals surface area contributed by atoms with E-state index in [1.54, 1.807) is 24.5 Å². The lowest BCUT2D eigenvalue weighted by Crippen LogP contribution is -2.11. The molecule has 0 atom stereocenters. The number of hydrogen-bond acceptors (Lipinski definition) is 5. The van der Waals surface area contributed by atoms with E-state index in [-0.39, 0.29) is 5.91 Å². The third kappa shape index (κ3) is 2.80. The van der Waals surface area contributed by atoms with Crippen molar-refractivity contribution in [3.63, 3.8) is 0 Å². The van der Waals surface area contributed by atoms with Gasteiger partial charge in [-0.2, -0.15) is 0 Å². The molecule has 0 bridgehead atoms. The van der Waals surface area contributed by atoms with Crippen LogP contribution in [-0.4, -0.2) is 31.1 Å². The van der Waals surface area contributed by atoms with E-state index in [1.807, 2.05) is 28.9 Å². The number of aromatic nitrogens is 5. The Morgan fingerprint density at radius 3 is 2.52 bits per heavy atom. The molecule has 1 N–H and O–H groups in total. The van der Waals surface area contributed by atoms with Crippen molar-refractivity contribution in [1.82, 2.24) is 25.2 Å². The fourth-order valence-electron chi connectivity index (χ4n) is 2.36. The van der Waals surface area contributed by atoms with Crippen LogP contribution in [-0.2, 0) is 0 Å². The first kappa shape index (κ1) is 13.6. The van der Waals surface area contributed by atoms with E-state index < -0.39 is 0 Å². The Balaban J connectivity index is 1.52. The van der Waals surface area contributed by atoms with Crippen LogP contribution in [0, 0.1) is 0 Å². The van der Waals surface area contributed by atoms with E-state index in [1.165, 1.54) is 0 Å². The Morgan fingerprint density at radius 1 is 1.09 bits per heavy atom. The second kappa shape index (κ2) is 5.60. The number of hydrogen-bond donors (Lipinski definition) is 1. The molecule has 2 aromatic heterocycles. The van der Waals surface area contributed by atoms with E-state index in [9.17, 15) is 4.79 Å². The van der Waals surface area contributed by atoms with Gasteiger partial charge < -0.3 is 5.32 Å². The maximum atomic E-state index is 12.1. The van der Waals surface area contributed by atoms with Crippen molar-refractivity contribution in [3.8, 4) is 11.4 Å². The Labute approximate surface area is 132 Å². The van der Waals surface area contributed by atoms with Gasteiger partial charge in [0, 0.05) is 29.2 Å². The predicted molar refractivity (Wildman–Crippen MR) is 83.7 cm³/mol. The van der Waals surface area contributed by atoms with Crippen LogP contribution in [0.1, 0.15) is 29.2 Å². The highest BCUT2D eigenvalue weighted by molar-refractivity contribution is 6.04. The Bertz CT molecular complexity index is 823. The third-order valence-corrected chi connectivity index (χ3v) is 3.73. The Hall–Kier alpha value is -3.09. The van der Waals surface area contributed by atoms with Crippen LogP contribution >= 0.6 is 0 Å². The number of tetrazole rings is 1. The molecule has 7 heteroatoms. The monoisotopic (exact) mass is 306 g/mol. The summed E-state index contributed by atoms with van der Waals surface area (Å²) >= 11 is 0. The molecule has 1 aliphatic rings. The Kier molecular flexibility index (Phi) is 3.30. The lowest BCUT2D eigenvalue weighted by molar-refractivity contribution is 0.102. The van der Waals surface area contributed by atoms with Crippen LogP contribution in [0.5, 0.6) is 0 Å². The molecule has 7 nitrogen and oxygen atoms in total. The largest absolute Gasteiger partial charge is 0.322 e. The summed E-state index contributed by atoms with van der Waals surface area (Å²) < 4.78 is 1.87. The normalized spacial score (nSPS) is 13.7. The first-order valence-corrected chi connectivity index (χ1v) is 7.41. The van der Waals surface area contributed by atoms with Crippen LogP contribution in [0.2, 0.25) is 0 Å². The number of nitrogens with zero attached hydrogens (tertiary/aromatic N) is 5. The fraction of sp³-hybridized carbons (Fsp3) is 0.188. The Morgan fingerprint density at radius 2 is 1.83 bits per heavy atom. The molecule has 1 fully saturated rings. The van der Waals surface area contributed by atoms with Gasteiger partial charge in [0.15, 0.2) is 5.82 Å². The molecule has 0 radical (unpaired) electrons. The minimum Gasteiger partial charge on any atom is -0.322 e. The van der Waals surface area contributed by atoms with Gasteiger partial charge in [-0.15, -0.1) is 5.10 Å².